The SMILES string of the molecule is O=C(NCc1c(C2CC2)ccc2[nH]ncc12)c1cc(Cl)c(Cl)s1. The van der Waals surface area contributed by atoms with E-state index in [2.05, 4.69) is 27.6 Å². The molecular weight excluding hydrogens is 353 g/mol. The van der Waals surface area contributed by atoms with Crippen molar-refractivity contribution in [2.75, 3.05) is 0 Å². The predicted molar refractivity (Wildman–Crippen MR) is 93.6 cm³/mol. The van der Waals surface area contributed by atoms with Gasteiger partial charge in [0.2, 0.25) is 0 Å². The van der Waals surface area contributed by atoms with Gasteiger partial charge in [-0.2, -0.15) is 5.10 Å². The number of nitrogens with one attached hydrogen (secondary N) is 2. The molecule has 0 spiro atoms. The second-order valence-electron chi connectivity index (χ2n) is 5.65. The lowest BCUT2D eigenvalue weighted by molar-refractivity contribution is 0.0955. The van der Waals surface area contributed by atoms with Gasteiger partial charge < -0.3 is 5.32 Å². The fourth-order valence-corrected chi connectivity index (χ4v) is 4.07. The number of amides is 1. The van der Waals surface area contributed by atoms with Gasteiger partial charge in [0.1, 0.15) is 4.34 Å². The van der Waals surface area contributed by atoms with Gasteiger partial charge in [-0.15, -0.1) is 11.3 Å². The molecular formula is C16H13Cl2N3OS. The normalized spacial score (nSPS) is 14.3. The molecule has 1 fully saturated rings. The van der Waals surface area contributed by atoms with Gasteiger partial charge in [-0.3, -0.25) is 9.89 Å². The van der Waals surface area contributed by atoms with Crippen LogP contribution in [0.15, 0.2) is 24.4 Å². The van der Waals surface area contributed by atoms with E-state index in [1.54, 1.807) is 6.07 Å². The number of halogens is 2. The molecule has 0 radical (unpaired) electrons. The van der Waals surface area contributed by atoms with Crippen LogP contribution in [0, 0.1) is 0 Å². The highest BCUT2D eigenvalue weighted by molar-refractivity contribution is 7.18. The molecule has 1 aliphatic carbocycles. The van der Waals surface area contributed by atoms with Gasteiger partial charge in [0.25, 0.3) is 5.91 Å². The van der Waals surface area contributed by atoms with Crippen LogP contribution < -0.4 is 5.32 Å². The van der Waals surface area contributed by atoms with E-state index >= 15 is 0 Å². The Bertz CT molecular complexity index is 879. The van der Waals surface area contributed by atoms with E-state index in [0.29, 0.717) is 26.7 Å². The lowest BCUT2D eigenvalue weighted by Crippen LogP contribution is -2.22. The fourth-order valence-electron chi connectivity index (χ4n) is 2.78. The van der Waals surface area contributed by atoms with E-state index in [1.165, 1.54) is 29.7 Å². The second kappa shape index (κ2) is 5.82. The van der Waals surface area contributed by atoms with E-state index in [4.69, 9.17) is 23.2 Å². The topological polar surface area (TPSA) is 57.8 Å². The molecule has 1 amide bonds. The molecule has 4 nitrogen and oxygen atoms in total. The van der Waals surface area contributed by atoms with Crippen molar-refractivity contribution < 1.29 is 4.79 Å². The number of carbonyl (C=O) groups is 1. The Labute approximate surface area is 146 Å². The lowest BCUT2D eigenvalue weighted by Gasteiger charge is -2.11. The van der Waals surface area contributed by atoms with Gasteiger partial charge >= 0.3 is 0 Å². The van der Waals surface area contributed by atoms with Gasteiger partial charge in [-0.25, -0.2) is 0 Å². The maximum absolute atomic E-state index is 12.3. The zero-order valence-electron chi connectivity index (χ0n) is 12.0. The first-order valence-electron chi connectivity index (χ1n) is 7.31. The van der Waals surface area contributed by atoms with Crippen molar-refractivity contribution in [1.82, 2.24) is 15.5 Å². The lowest BCUT2D eigenvalue weighted by atomic mass is 9.99. The number of rotatable bonds is 4. The first-order valence-corrected chi connectivity index (χ1v) is 8.88. The first kappa shape index (κ1) is 15.0. The summed E-state index contributed by atoms with van der Waals surface area (Å²) in [4.78, 5) is 12.8. The Morgan fingerprint density at radius 1 is 1.39 bits per heavy atom. The molecule has 7 heteroatoms. The van der Waals surface area contributed by atoms with Crippen molar-refractivity contribution in [3.8, 4) is 0 Å². The van der Waals surface area contributed by atoms with Crippen LogP contribution in [0.25, 0.3) is 10.9 Å². The molecule has 4 rings (SSSR count). The van der Waals surface area contributed by atoms with Crippen LogP contribution >= 0.6 is 34.5 Å². The van der Waals surface area contributed by atoms with Gasteiger partial charge in [0.05, 0.1) is 21.6 Å². The summed E-state index contributed by atoms with van der Waals surface area (Å²) in [5.74, 6) is 0.442. The number of carbonyl (C=O) groups excluding carboxylic acids is 1. The number of hydrogen-bond donors (Lipinski definition) is 2. The second-order valence-corrected chi connectivity index (χ2v) is 7.72. The Hall–Kier alpha value is -1.56. The summed E-state index contributed by atoms with van der Waals surface area (Å²) in [6.07, 6.45) is 4.24. The standard InChI is InChI=1S/C16H13Cl2N3OS/c17-12-5-14(23-15(12)18)16(22)19-6-10-9(8-1-2-8)3-4-13-11(10)7-20-21-13/h3-5,7-8H,1-2,6H2,(H,19,22)(H,20,21). The molecule has 23 heavy (non-hydrogen) atoms. The number of benzene rings is 1. The highest BCUT2D eigenvalue weighted by atomic mass is 35.5. The highest BCUT2D eigenvalue weighted by Crippen LogP contribution is 2.43. The average molecular weight is 366 g/mol. The van der Waals surface area contributed by atoms with Crippen LogP contribution in [0.1, 0.15) is 39.6 Å². The average Bonchev–Trinajstić information content (AvgIpc) is 3.17. The molecule has 0 saturated heterocycles. The van der Waals surface area contributed by atoms with Gasteiger partial charge in [0.15, 0.2) is 0 Å². The number of aromatic amines is 1. The van der Waals surface area contributed by atoms with Crippen LogP contribution in [0.5, 0.6) is 0 Å². The molecule has 118 valence electrons. The summed E-state index contributed by atoms with van der Waals surface area (Å²) in [5.41, 5.74) is 3.43. The van der Waals surface area contributed by atoms with E-state index in [-0.39, 0.29) is 5.91 Å². The monoisotopic (exact) mass is 365 g/mol. The maximum Gasteiger partial charge on any atom is 0.261 e. The molecule has 1 aromatic carbocycles. The zero-order chi connectivity index (χ0) is 16.0. The minimum atomic E-state index is -0.161. The van der Waals surface area contributed by atoms with Crippen molar-refractivity contribution in [1.29, 1.82) is 0 Å². The molecule has 0 atom stereocenters. The minimum Gasteiger partial charge on any atom is -0.347 e. The van der Waals surface area contributed by atoms with Crippen molar-refractivity contribution in [2.45, 2.75) is 25.3 Å². The number of aromatic nitrogens is 2. The Morgan fingerprint density at radius 2 is 2.22 bits per heavy atom. The van der Waals surface area contributed by atoms with Gasteiger partial charge in [-0.05, 0) is 42.0 Å². The summed E-state index contributed by atoms with van der Waals surface area (Å²) >= 11 is 13.0. The van der Waals surface area contributed by atoms with Crippen molar-refractivity contribution >= 4 is 51.3 Å². The number of fused-ring (bicyclic) bond motifs is 1. The molecule has 0 bridgehead atoms. The Kier molecular flexibility index (Phi) is 3.79. The highest BCUT2D eigenvalue weighted by Gasteiger charge is 2.27. The molecule has 2 aromatic heterocycles. The summed E-state index contributed by atoms with van der Waals surface area (Å²) in [6.45, 7) is 0.467. The number of nitrogens with zero attached hydrogens (tertiary/aromatic N) is 1. The van der Waals surface area contributed by atoms with Crippen LogP contribution in [0.4, 0.5) is 0 Å². The van der Waals surface area contributed by atoms with Gasteiger partial charge in [-0.1, -0.05) is 29.3 Å². The molecule has 2 heterocycles. The third kappa shape index (κ3) is 2.84. The Balaban J connectivity index is 1.61. The van der Waals surface area contributed by atoms with Crippen molar-refractivity contribution in [3.05, 3.63) is 49.8 Å². The molecule has 3 aromatic rings. The van der Waals surface area contributed by atoms with Crippen molar-refractivity contribution in [3.63, 3.8) is 0 Å². The molecule has 2 N–H and O–H groups in total. The van der Waals surface area contributed by atoms with Gasteiger partial charge in [0, 0.05) is 11.9 Å². The summed E-state index contributed by atoms with van der Waals surface area (Å²) in [6, 6.07) is 5.79. The van der Waals surface area contributed by atoms with Crippen LogP contribution in [-0.4, -0.2) is 16.1 Å². The molecule has 0 aliphatic heterocycles. The molecule has 1 aliphatic rings. The van der Waals surface area contributed by atoms with E-state index in [0.717, 1.165) is 16.5 Å². The first-order chi connectivity index (χ1) is 11.1. The predicted octanol–water partition coefficient (Wildman–Crippen LogP) is 4.74. The van der Waals surface area contributed by atoms with E-state index in [1.807, 2.05) is 6.20 Å². The quantitative estimate of drug-likeness (QED) is 0.701. The minimum absolute atomic E-state index is 0.161. The summed E-state index contributed by atoms with van der Waals surface area (Å²) < 4.78 is 0.437. The van der Waals surface area contributed by atoms with E-state index in [9.17, 15) is 4.79 Å². The third-order valence-corrected chi connectivity index (χ3v) is 5.95. The molecule has 0 unspecified atom stereocenters. The maximum atomic E-state index is 12.3. The third-order valence-electron chi connectivity index (χ3n) is 4.08. The van der Waals surface area contributed by atoms with Crippen LogP contribution in [0.3, 0.4) is 0 Å². The fraction of sp³-hybridized carbons (Fsp3) is 0.250. The van der Waals surface area contributed by atoms with Crippen LogP contribution in [-0.2, 0) is 6.54 Å². The number of hydrogen-bond acceptors (Lipinski definition) is 3. The largest absolute Gasteiger partial charge is 0.347 e. The number of H-pyrrole nitrogens is 1. The number of thiophene rings is 1. The summed E-state index contributed by atoms with van der Waals surface area (Å²) in [5, 5.41) is 11.5. The summed E-state index contributed by atoms with van der Waals surface area (Å²) in [7, 11) is 0. The zero-order valence-corrected chi connectivity index (χ0v) is 14.4. The van der Waals surface area contributed by atoms with E-state index < -0.39 is 0 Å². The smallest absolute Gasteiger partial charge is 0.261 e. The Morgan fingerprint density at radius 3 is 2.91 bits per heavy atom. The molecule has 1 saturated carbocycles. The van der Waals surface area contributed by atoms with Crippen LogP contribution in [0.2, 0.25) is 9.36 Å². The van der Waals surface area contributed by atoms with Crippen molar-refractivity contribution in [2.24, 2.45) is 0 Å².